The molecule has 0 aliphatic heterocycles. The minimum absolute atomic E-state index is 0.0641. The van der Waals surface area contributed by atoms with Crippen LogP contribution in [0, 0.1) is 12.3 Å². The number of halogens is 1. The van der Waals surface area contributed by atoms with E-state index in [-0.39, 0.29) is 5.41 Å². The van der Waals surface area contributed by atoms with Gasteiger partial charge in [-0.25, -0.2) is 4.98 Å². The summed E-state index contributed by atoms with van der Waals surface area (Å²) in [5, 5.41) is 0. The van der Waals surface area contributed by atoms with Gasteiger partial charge in [0.15, 0.2) is 0 Å². The number of ether oxygens (including phenoxy) is 1. The molecule has 0 aliphatic carbocycles. The average molecular weight is 383 g/mol. The summed E-state index contributed by atoms with van der Waals surface area (Å²) in [6, 6.07) is 0. The van der Waals surface area contributed by atoms with Gasteiger partial charge in [0.25, 0.3) is 0 Å². The summed E-state index contributed by atoms with van der Waals surface area (Å²) in [7, 11) is 1.64. The predicted octanol–water partition coefficient (Wildman–Crippen LogP) is 6.33. The molecule has 0 amide bonds. The lowest BCUT2D eigenvalue weighted by atomic mass is 9.83. The molecule has 0 N–H and O–H groups in total. The van der Waals surface area contributed by atoms with E-state index < -0.39 is 0 Å². The number of nitrogens with zero attached hydrogens (tertiary/aromatic N) is 2. The smallest absolute Gasteiger partial charge is 0.124 e. The van der Waals surface area contributed by atoms with Crippen molar-refractivity contribution < 1.29 is 4.74 Å². The molecule has 0 fully saturated rings. The summed E-state index contributed by atoms with van der Waals surface area (Å²) >= 11 is 3.34. The topological polar surface area (TPSA) is 35.0 Å². The predicted molar refractivity (Wildman–Crippen MR) is 103 cm³/mol. The van der Waals surface area contributed by atoms with Gasteiger partial charge < -0.3 is 4.74 Å². The molecule has 0 aliphatic rings. The van der Waals surface area contributed by atoms with Crippen molar-refractivity contribution in [3.8, 4) is 0 Å². The molecular formula is C19H31BrN2O. The van der Waals surface area contributed by atoms with E-state index in [2.05, 4.69) is 67.4 Å². The second-order valence-corrected chi connectivity index (χ2v) is 7.27. The number of aromatic nitrogens is 2. The van der Waals surface area contributed by atoms with Crippen LogP contribution in [-0.2, 0) is 4.74 Å². The van der Waals surface area contributed by atoms with E-state index >= 15 is 0 Å². The quantitative estimate of drug-likeness (QED) is 0.450. The third-order valence-electron chi connectivity index (χ3n) is 3.57. The van der Waals surface area contributed by atoms with Gasteiger partial charge in [0.05, 0.1) is 31.0 Å². The number of aryl methyl sites for hydroxylation is 1. The van der Waals surface area contributed by atoms with Crippen LogP contribution in [0.1, 0.15) is 65.8 Å². The van der Waals surface area contributed by atoms with Crippen LogP contribution in [-0.4, -0.2) is 17.1 Å². The molecule has 0 radical (unpaired) electrons. The van der Waals surface area contributed by atoms with E-state index in [0.29, 0.717) is 0 Å². The molecule has 3 nitrogen and oxygen atoms in total. The van der Waals surface area contributed by atoms with Crippen molar-refractivity contribution in [3.63, 3.8) is 0 Å². The van der Waals surface area contributed by atoms with Crippen LogP contribution < -0.4 is 0 Å². The molecule has 0 aromatic carbocycles. The van der Waals surface area contributed by atoms with Gasteiger partial charge in [-0.15, -0.1) is 0 Å². The molecule has 1 rings (SSSR count). The average Bonchev–Trinajstić information content (AvgIpc) is 2.48. The summed E-state index contributed by atoms with van der Waals surface area (Å²) in [6.07, 6.45) is 7.98. The van der Waals surface area contributed by atoms with Crippen molar-refractivity contribution in [1.29, 1.82) is 0 Å². The Balaban J connectivity index is 0.00000108. The highest BCUT2D eigenvalue weighted by molar-refractivity contribution is 9.10. The Kier molecular flexibility index (Phi) is 10.1. The second kappa shape index (κ2) is 10.6. The Bertz CT molecular complexity index is 541. The zero-order valence-corrected chi connectivity index (χ0v) is 17.4. The summed E-state index contributed by atoms with van der Waals surface area (Å²) in [4.78, 5) is 8.90. The van der Waals surface area contributed by atoms with Gasteiger partial charge in [-0.1, -0.05) is 53.0 Å². The van der Waals surface area contributed by atoms with Crippen LogP contribution in [0.5, 0.6) is 0 Å². The largest absolute Gasteiger partial charge is 0.504 e. The van der Waals surface area contributed by atoms with Crippen molar-refractivity contribution in [2.45, 2.75) is 61.3 Å². The third kappa shape index (κ3) is 7.78. The molecule has 0 atom stereocenters. The number of unbranched alkanes of at least 4 members (excludes halogenated alkanes) is 1. The van der Waals surface area contributed by atoms with E-state index in [4.69, 9.17) is 4.74 Å². The van der Waals surface area contributed by atoms with E-state index in [9.17, 15) is 0 Å². The number of allylic oxidation sites excluding steroid dienone is 3. The van der Waals surface area contributed by atoms with Gasteiger partial charge in [0.1, 0.15) is 4.60 Å². The van der Waals surface area contributed by atoms with Gasteiger partial charge in [0, 0.05) is 5.57 Å². The number of methoxy groups -OCH3 is 1. The minimum Gasteiger partial charge on any atom is -0.504 e. The molecule has 0 saturated carbocycles. The van der Waals surface area contributed by atoms with Crippen LogP contribution in [0.4, 0.5) is 0 Å². The molecule has 0 spiro atoms. The van der Waals surface area contributed by atoms with Crippen LogP contribution >= 0.6 is 15.9 Å². The molecule has 4 heteroatoms. The van der Waals surface area contributed by atoms with Crippen molar-refractivity contribution in [1.82, 2.24) is 9.97 Å². The van der Waals surface area contributed by atoms with Crippen LogP contribution in [0.25, 0.3) is 5.57 Å². The Labute approximate surface area is 150 Å². The van der Waals surface area contributed by atoms with Crippen molar-refractivity contribution in [2.24, 2.45) is 5.41 Å². The molecule has 1 aromatic heterocycles. The molecule has 130 valence electrons. The summed E-state index contributed by atoms with van der Waals surface area (Å²) in [6.45, 7) is 15.0. The van der Waals surface area contributed by atoms with Gasteiger partial charge in [-0.3, -0.25) is 4.98 Å². The van der Waals surface area contributed by atoms with Crippen molar-refractivity contribution in [3.05, 3.63) is 40.1 Å². The normalized spacial score (nSPS) is 12.6. The highest BCUT2D eigenvalue weighted by atomic mass is 79.9. The lowest BCUT2D eigenvalue weighted by Gasteiger charge is -2.23. The first kappa shape index (κ1) is 21.8. The maximum Gasteiger partial charge on any atom is 0.124 e. The SMILES string of the molecule is CCCC.CO/C=C\C(=C(\C)C(C)(C)C)c1ncc(Br)nc1C. The first-order chi connectivity index (χ1) is 10.7. The van der Waals surface area contributed by atoms with Crippen LogP contribution in [0.15, 0.2) is 28.7 Å². The van der Waals surface area contributed by atoms with Gasteiger partial charge in [0.2, 0.25) is 0 Å². The first-order valence-corrected chi connectivity index (χ1v) is 8.88. The fraction of sp³-hybridized carbons (Fsp3) is 0.579. The van der Waals surface area contributed by atoms with Gasteiger partial charge in [-0.05, 0) is 41.3 Å². The van der Waals surface area contributed by atoms with E-state index in [1.165, 1.54) is 18.4 Å². The summed E-state index contributed by atoms with van der Waals surface area (Å²) in [5.41, 5.74) is 4.17. The Morgan fingerprint density at radius 3 is 2.22 bits per heavy atom. The Hall–Kier alpha value is -1.16. The van der Waals surface area contributed by atoms with E-state index in [0.717, 1.165) is 21.6 Å². The van der Waals surface area contributed by atoms with Crippen molar-refractivity contribution >= 4 is 21.5 Å². The fourth-order valence-electron chi connectivity index (χ4n) is 1.64. The summed E-state index contributed by atoms with van der Waals surface area (Å²) in [5.74, 6) is 0. The first-order valence-electron chi connectivity index (χ1n) is 8.09. The minimum atomic E-state index is 0.0641. The fourth-order valence-corrected chi connectivity index (χ4v) is 2.01. The molecule has 1 aromatic rings. The molecule has 0 saturated heterocycles. The standard InChI is InChI=1S/C15H21BrN2O.C4H10/c1-10(15(3,4)5)12(7-8-19-6)14-11(2)18-13(16)9-17-14;1-3-4-2/h7-9H,1-6H3;3-4H2,1-2H3/b8-7-,12-10+;. The third-order valence-corrected chi connectivity index (χ3v) is 3.95. The van der Waals surface area contributed by atoms with Gasteiger partial charge >= 0.3 is 0 Å². The summed E-state index contributed by atoms with van der Waals surface area (Å²) < 4.78 is 5.80. The monoisotopic (exact) mass is 382 g/mol. The maximum atomic E-state index is 5.05. The number of hydrogen-bond acceptors (Lipinski definition) is 3. The highest BCUT2D eigenvalue weighted by Gasteiger charge is 2.19. The van der Waals surface area contributed by atoms with E-state index in [1.807, 2.05) is 13.0 Å². The second-order valence-electron chi connectivity index (χ2n) is 6.45. The van der Waals surface area contributed by atoms with Crippen LogP contribution in [0.3, 0.4) is 0 Å². The number of hydrogen-bond donors (Lipinski definition) is 0. The molecule has 1 heterocycles. The van der Waals surface area contributed by atoms with Crippen molar-refractivity contribution in [2.75, 3.05) is 7.11 Å². The Morgan fingerprint density at radius 1 is 1.26 bits per heavy atom. The van der Waals surface area contributed by atoms with Crippen LogP contribution in [0.2, 0.25) is 0 Å². The van der Waals surface area contributed by atoms with Gasteiger partial charge in [-0.2, -0.15) is 0 Å². The molecule has 0 bridgehead atoms. The molecular weight excluding hydrogens is 352 g/mol. The van der Waals surface area contributed by atoms with E-state index in [1.54, 1.807) is 19.6 Å². The lowest BCUT2D eigenvalue weighted by molar-refractivity contribution is 0.338. The molecule has 23 heavy (non-hydrogen) atoms. The lowest BCUT2D eigenvalue weighted by Crippen LogP contribution is -2.10. The zero-order valence-electron chi connectivity index (χ0n) is 15.8. The zero-order chi connectivity index (χ0) is 18.0. The molecule has 0 unspecified atom stereocenters. The maximum absolute atomic E-state index is 5.05. The Morgan fingerprint density at radius 2 is 1.83 bits per heavy atom. The number of rotatable bonds is 4. The highest BCUT2D eigenvalue weighted by Crippen LogP contribution is 2.33.